The molecule has 0 bridgehead atoms. The topological polar surface area (TPSA) is 50.2 Å². The van der Waals surface area contributed by atoms with Crippen LogP contribution in [0, 0.1) is 38.2 Å². The van der Waals surface area contributed by atoms with E-state index in [1.54, 1.807) is 13.8 Å². The van der Waals surface area contributed by atoms with E-state index in [-0.39, 0.29) is 65.3 Å². The summed E-state index contributed by atoms with van der Waals surface area (Å²) in [7, 11) is 0. The molecule has 3 nitrogen and oxygen atoms in total. The van der Waals surface area contributed by atoms with Gasteiger partial charge in [-0.2, -0.15) is 39.5 Å². The summed E-state index contributed by atoms with van der Waals surface area (Å²) in [6.07, 6.45) is -16.0. The number of aliphatic hydroxyl groups excluding tert-OH is 1. The van der Waals surface area contributed by atoms with Gasteiger partial charge in [-0.3, -0.25) is 9.78 Å². The Balaban J connectivity index is 0.000000613. The monoisotopic (exact) mass is 1060 g/mol. The van der Waals surface area contributed by atoms with E-state index in [2.05, 4.69) is 31.8 Å². The fraction of sp³-hybridized carbons (Fsp3) is 0.435. The minimum Gasteiger partial charge on any atom is -0.512 e. The molecule has 2 heterocycles. The van der Waals surface area contributed by atoms with Gasteiger partial charge in [0.2, 0.25) is 0 Å². The second-order valence-corrected chi connectivity index (χ2v) is 18.8. The molecule has 5 rings (SSSR count). The molecule has 335 valence electrons. The van der Waals surface area contributed by atoms with Crippen molar-refractivity contribution in [1.82, 2.24) is 4.98 Å². The molecule has 0 atom stereocenters. The van der Waals surface area contributed by atoms with Crippen molar-refractivity contribution in [1.29, 1.82) is 0 Å². The number of halogens is 10. The summed E-state index contributed by atoms with van der Waals surface area (Å²) in [5, 5.41) is 10.1. The number of thiophene rings is 1. The van der Waals surface area contributed by atoms with Gasteiger partial charge in [0.1, 0.15) is 0 Å². The average molecular weight is 1060 g/mol. The summed E-state index contributed by atoms with van der Waals surface area (Å²) < 4.78 is 136. The third-order valence-corrected chi connectivity index (χ3v) is 11.0. The summed E-state index contributed by atoms with van der Waals surface area (Å²) in [4.78, 5) is 15.0. The summed E-state index contributed by atoms with van der Waals surface area (Å²) in [6.45, 7) is 21.0. The Morgan fingerprint density at radius 1 is 0.836 bits per heavy atom. The molecule has 0 unspecified atom stereocenters. The molecule has 0 aliphatic rings. The van der Waals surface area contributed by atoms with Crippen LogP contribution in [0.25, 0.3) is 42.6 Å². The van der Waals surface area contributed by atoms with Crippen LogP contribution in [0.4, 0.5) is 43.9 Å². The van der Waals surface area contributed by atoms with E-state index >= 15 is 4.39 Å². The Bertz CT molecular complexity index is 2390. The summed E-state index contributed by atoms with van der Waals surface area (Å²) in [5.74, 6) is -2.54. The van der Waals surface area contributed by atoms with Gasteiger partial charge < -0.3 is 5.11 Å². The minimum atomic E-state index is -6.29. The van der Waals surface area contributed by atoms with E-state index in [4.69, 9.17) is 5.11 Å². The number of carbonyl (C=O) groups is 1. The minimum absolute atomic E-state index is 0. The molecule has 1 radical (unpaired) electrons. The molecule has 1 N–H and O–H groups in total. The number of pyridine rings is 1. The van der Waals surface area contributed by atoms with Crippen LogP contribution in [0.3, 0.4) is 0 Å². The van der Waals surface area contributed by atoms with Gasteiger partial charge >= 0.3 is 24.2 Å². The molecule has 61 heavy (non-hydrogen) atoms. The van der Waals surface area contributed by atoms with Gasteiger partial charge in [-0.25, -0.2) is 4.39 Å². The molecular weight excluding hydrogens is 1010 g/mol. The number of aryl methyl sites for hydroxylation is 3. The Hall–Kier alpha value is -3.81. The van der Waals surface area contributed by atoms with E-state index in [1.807, 2.05) is 77.1 Å². The molecule has 0 aliphatic carbocycles. The van der Waals surface area contributed by atoms with Crippen LogP contribution in [-0.4, -0.2) is 34.4 Å². The molecule has 0 aliphatic heterocycles. The first-order valence-electron chi connectivity index (χ1n) is 19.0. The van der Waals surface area contributed by atoms with E-state index in [0.29, 0.717) is 27.6 Å². The predicted molar refractivity (Wildman–Crippen MR) is 219 cm³/mol. The van der Waals surface area contributed by atoms with E-state index in [1.165, 1.54) is 6.92 Å². The van der Waals surface area contributed by atoms with E-state index in [0.717, 1.165) is 45.4 Å². The number of aromatic nitrogens is 1. The van der Waals surface area contributed by atoms with Gasteiger partial charge in [0, 0.05) is 59.6 Å². The van der Waals surface area contributed by atoms with Crippen LogP contribution in [0.15, 0.2) is 60.5 Å². The predicted octanol–water partition coefficient (Wildman–Crippen LogP) is 15.3. The third kappa shape index (κ3) is 11.2. The van der Waals surface area contributed by atoms with Gasteiger partial charge in [-0.1, -0.05) is 96.7 Å². The van der Waals surface area contributed by atoms with Gasteiger partial charge in [0.15, 0.2) is 0 Å². The largest absolute Gasteiger partial charge is 0.512 e. The summed E-state index contributed by atoms with van der Waals surface area (Å²) in [5.41, 5.74) is -2.61. The van der Waals surface area contributed by atoms with Crippen molar-refractivity contribution in [3.8, 4) is 21.7 Å². The van der Waals surface area contributed by atoms with Crippen molar-refractivity contribution >= 4 is 38.0 Å². The second kappa shape index (κ2) is 18.1. The van der Waals surface area contributed by atoms with Crippen molar-refractivity contribution in [3.63, 3.8) is 0 Å². The second-order valence-electron chi connectivity index (χ2n) is 17.8. The molecule has 3 aromatic carbocycles. The number of fused-ring (bicyclic) bond motifs is 2. The Labute approximate surface area is 367 Å². The number of benzene rings is 3. The Kier molecular flexibility index (Phi) is 15.3. The normalized spacial score (nSPS) is 13.4. The van der Waals surface area contributed by atoms with Crippen molar-refractivity contribution in [2.45, 2.75) is 119 Å². The first kappa shape index (κ1) is 51.5. The number of hydrogen-bond acceptors (Lipinski definition) is 4. The molecule has 0 amide bonds. The van der Waals surface area contributed by atoms with Crippen molar-refractivity contribution < 1.29 is 73.9 Å². The Morgan fingerprint density at radius 2 is 1.38 bits per heavy atom. The molecule has 15 heteroatoms. The fourth-order valence-electron chi connectivity index (χ4n) is 7.23. The zero-order valence-electron chi connectivity index (χ0n) is 35.5. The standard InChI is InChI=1S/C38H37F7NS.C8H11F3O2.Ir/c1-20-14-23(18-34(4,5)6)15-21(2)29(20)32-22(3)30-28(36(39,37(40,41)42)38(43,44)45)19-46-31(33(30)47-32)25-16-24-12-10-11-13-26(24)27(17-25)35(7,8)9;1-5(2)3-6(12)4-7(13)8(9,10)11;/h10-15,17,19H,18H2,1-9H3;4-5,12H,3H2,1-2H3;/q-1;;/b;6-4-;. The Morgan fingerprint density at radius 3 is 1.85 bits per heavy atom. The molecule has 0 saturated carbocycles. The smallest absolute Gasteiger partial charge is 0.454 e. The molecule has 0 spiro atoms. The van der Waals surface area contributed by atoms with Crippen LogP contribution in [0.1, 0.15) is 95.2 Å². The number of nitrogens with zero attached hydrogens (tertiary/aromatic N) is 1. The van der Waals surface area contributed by atoms with Crippen LogP contribution < -0.4 is 0 Å². The fourth-order valence-corrected chi connectivity index (χ4v) is 8.74. The van der Waals surface area contributed by atoms with Gasteiger partial charge in [0.05, 0.1) is 5.76 Å². The zero-order valence-corrected chi connectivity index (χ0v) is 38.7. The third-order valence-electron chi connectivity index (χ3n) is 9.69. The van der Waals surface area contributed by atoms with E-state index in [9.17, 15) is 44.3 Å². The van der Waals surface area contributed by atoms with E-state index < -0.39 is 46.7 Å². The molecular formula is C46H48F10IrNO2S-. The van der Waals surface area contributed by atoms with Crippen LogP contribution >= 0.6 is 11.3 Å². The molecule has 0 fully saturated rings. The van der Waals surface area contributed by atoms with Gasteiger partial charge in [0.25, 0.3) is 5.78 Å². The maximum Gasteiger partial charge on any atom is 0.454 e. The first-order chi connectivity index (χ1) is 27.2. The van der Waals surface area contributed by atoms with Crippen molar-refractivity contribution in [3.05, 3.63) is 99.9 Å². The molecule has 5 aromatic rings. The van der Waals surface area contributed by atoms with Crippen molar-refractivity contribution in [2.75, 3.05) is 0 Å². The van der Waals surface area contributed by atoms with Gasteiger partial charge in [-0.15, -0.1) is 40.5 Å². The van der Waals surface area contributed by atoms with Crippen molar-refractivity contribution in [2.24, 2.45) is 11.3 Å². The summed E-state index contributed by atoms with van der Waals surface area (Å²) >= 11 is 1.03. The summed E-state index contributed by atoms with van der Waals surface area (Å²) in [6, 6.07) is 16.6. The quantitative estimate of drug-likeness (QED) is 0.0765. The number of ketones is 1. The number of alkyl halides is 10. The maximum atomic E-state index is 15.9. The van der Waals surface area contributed by atoms with Gasteiger partial charge in [-0.05, 0) is 77.1 Å². The molecule has 0 saturated heterocycles. The molecule has 2 aromatic heterocycles. The zero-order chi connectivity index (χ0) is 45.7. The number of aliphatic hydroxyl groups is 1. The average Bonchev–Trinajstić information content (AvgIpc) is 3.40. The first-order valence-corrected chi connectivity index (χ1v) is 19.8. The van der Waals surface area contributed by atoms with Crippen LogP contribution in [0.2, 0.25) is 0 Å². The number of hydrogen-bond donors (Lipinski definition) is 1. The SMILES string of the molecule is CC(C)C/C(O)=C/C(=O)C(F)(F)F.Cc1cc(CC(C)(C)C)cc(C)c1-c1sc2c(-c3[c-]c4ccccc4c(C(C)(C)C)c3)ncc(C(F)(C(F)(F)F)C(F)(F)F)c2c1C.[Ir]. The van der Waals surface area contributed by atoms with Crippen LogP contribution in [-0.2, 0) is 42.4 Å². The number of allylic oxidation sites excluding steroid dienone is 2. The number of rotatable bonds is 7. The maximum absolute atomic E-state index is 15.9. The van der Waals surface area contributed by atoms with Crippen LogP contribution in [0.5, 0.6) is 0 Å². The number of carbonyl (C=O) groups excluding carboxylic acids is 1.